The molecule has 0 aliphatic heterocycles. The van der Waals surface area contributed by atoms with Gasteiger partial charge in [0.05, 0.1) is 4.92 Å². The normalized spacial score (nSPS) is 12.1. The topological polar surface area (TPSA) is 89.7 Å². The van der Waals surface area contributed by atoms with E-state index < -0.39 is 17.0 Å². The van der Waals surface area contributed by atoms with E-state index in [1.807, 2.05) is 0 Å². The van der Waals surface area contributed by atoms with Gasteiger partial charge in [-0.3, -0.25) is 10.1 Å². The molecule has 1 rings (SSSR count). The number of ether oxygens (including phenoxy) is 1. The molecule has 0 radical (unpaired) electrons. The number of carbonyl (C=O) groups is 1. The summed E-state index contributed by atoms with van der Waals surface area (Å²) in [5.41, 5.74) is 1.10. The lowest BCUT2D eigenvalue weighted by Crippen LogP contribution is -2.24. The summed E-state index contributed by atoms with van der Waals surface area (Å²) >= 11 is 0. The Labute approximate surface area is 98.0 Å². The van der Waals surface area contributed by atoms with Gasteiger partial charge in [-0.05, 0) is 12.5 Å². The molecule has 92 valence electrons. The number of benzene rings is 1. The average molecular weight is 239 g/mol. The zero-order valence-corrected chi connectivity index (χ0v) is 9.54. The van der Waals surface area contributed by atoms with Crippen LogP contribution in [-0.4, -0.2) is 29.2 Å². The van der Waals surface area contributed by atoms with Gasteiger partial charge in [-0.15, -0.1) is 0 Å². The van der Waals surface area contributed by atoms with Crippen LogP contribution in [0, 0.1) is 17.0 Å². The van der Waals surface area contributed by atoms with Gasteiger partial charge in [0.15, 0.2) is 6.10 Å². The van der Waals surface area contributed by atoms with Gasteiger partial charge in [0, 0.05) is 25.2 Å². The van der Waals surface area contributed by atoms with Crippen LogP contribution in [0.2, 0.25) is 0 Å². The Morgan fingerprint density at radius 1 is 1.59 bits per heavy atom. The molecule has 6 nitrogen and oxygen atoms in total. The van der Waals surface area contributed by atoms with Gasteiger partial charge < -0.3 is 9.84 Å². The second kappa shape index (κ2) is 5.40. The lowest BCUT2D eigenvalue weighted by molar-refractivity contribution is -0.385. The summed E-state index contributed by atoms with van der Waals surface area (Å²) in [5.74, 6) is -1.09. The molecule has 0 spiro atoms. The third-order valence-electron chi connectivity index (χ3n) is 2.45. The van der Waals surface area contributed by atoms with Crippen molar-refractivity contribution in [3.05, 3.63) is 39.4 Å². The molecule has 0 bridgehead atoms. The smallest absolute Gasteiger partial charge is 0.333 e. The van der Waals surface area contributed by atoms with Crippen LogP contribution < -0.4 is 0 Å². The van der Waals surface area contributed by atoms with Crippen molar-refractivity contribution in [2.24, 2.45) is 0 Å². The van der Waals surface area contributed by atoms with Crippen molar-refractivity contribution in [1.29, 1.82) is 0 Å². The Balaban J connectivity index is 2.96. The maximum atomic E-state index is 10.8. The molecule has 0 aliphatic rings. The molecule has 1 atom stereocenters. The SMILES string of the molecule is COC(Cc1ccc(C)c([N+](=O)[O-])c1)C(=O)O. The van der Waals surface area contributed by atoms with Gasteiger partial charge in [0.25, 0.3) is 5.69 Å². The number of hydrogen-bond acceptors (Lipinski definition) is 4. The van der Waals surface area contributed by atoms with E-state index in [0.29, 0.717) is 11.1 Å². The maximum Gasteiger partial charge on any atom is 0.333 e. The van der Waals surface area contributed by atoms with Crippen molar-refractivity contribution in [3.63, 3.8) is 0 Å². The number of carboxylic acids is 1. The van der Waals surface area contributed by atoms with Gasteiger partial charge in [0.1, 0.15) is 0 Å². The predicted molar refractivity (Wildman–Crippen MR) is 60.0 cm³/mol. The molecule has 1 unspecified atom stereocenters. The lowest BCUT2D eigenvalue weighted by Gasteiger charge is -2.10. The number of methoxy groups -OCH3 is 1. The largest absolute Gasteiger partial charge is 0.479 e. The van der Waals surface area contributed by atoms with Crippen LogP contribution in [0.3, 0.4) is 0 Å². The van der Waals surface area contributed by atoms with Crippen LogP contribution in [0.25, 0.3) is 0 Å². The highest BCUT2D eigenvalue weighted by Crippen LogP contribution is 2.20. The van der Waals surface area contributed by atoms with Crippen molar-refractivity contribution in [1.82, 2.24) is 0 Å². The quantitative estimate of drug-likeness (QED) is 0.621. The van der Waals surface area contributed by atoms with E-state index >= 15 is 0 Å². The summed E-state index contributed by atoms with van der Waals surface area (Å²) in [5, 5.41) is 19.5. The number of rotatable bonds is 5. The summed E-state index contributed by atoms with van der Waals surface area (Å²) in [4.78, 5) is 21.0. The van der Waals surface area contributed by atoms with E-state index in [1.165, 1.54) is 13.2 Å². The van der Waals surface area contributed by atoms with E-state index in [1.54, 1.807) is 19.1 Å². The van der Waals surface area contributed by atoms with Gasteiger partial charge in [0.2, 0.25) is 0 Å². The summed E-state index contributed by atoms with van der Waals surface area (Å²) in [6.07, 6.45) is -0.884. The number of nitro benzene ring substituents is 1. The highest BCUT2D eigenvalue weighted by atomic mass is 16.6. The fourth-order valence-electron chi connectivity index (χ4n) is 1.46. The van der Waals surface area contributed by atoms with Crippen LogP contribution in [-0.2, 0) is 16.0 Å². The molecule has 1 aromatic rings. The number of nitrogens with zero attached hydrogens (tertiary/aromatic N) is 1. The molecule has 0 aromatic heterocycles. The fourth-order valence-corrected chi connectivity index (χ4v) is 1.46. The second-order valence-electron chi connectivity index (χ2n) is 3.64. The highest BCUT2D eigenvalue weighted by molar-refractivity contribution is 5.72. The first-order valence-corrected chi connectivity index (χ1v) is 4.95. The molecule has 0 heterocycles. The molecule has 0 amide bonds. The molecule has 0 fully saturated rings. The van der Waals surface area contributed by atoms with Crippen LogP contribution in [0.15, 0.2) is 18.2 Å². The zero-order chi connectivity index (χ0) is 13.0. The summed E-state index contributed by atoms with van der Waals surface area (Å²) < 4.78 is 4.78. The highest BCUT2D eigenvalue weighted by Gasteiger charge is 2.19. The van der Waals surface area contributed by atoms with Gasteiger partial charge in [-0.25, -0.2) is 4.79 Å². The third-order valence-corrected chi connectivity index (χ3v) is 2.45. The molecular formula is C11H13NO5. The molecule has 17 heavy (non-hydrogen) atoms. The van der Waals surface area contributed by atoms with Gasteiger partial charge in [-0.1, -0.05) is 12.1 Å². The van der Waals surface area contributed by atoms with Crippen molar-refractivity contribution >= 4 is 11.7 Å². The van der Waals surface area contributed by atoms with E-state index in [2.05, 4.69) is 0 Å². The van der Waals surface area contributed by atoms with E-state index in [-0.39, 0.29) is 12.1 Å². The van der Waals surface area contributed by atoms with Gasteiger partial charge in [-0.2, -0.15) is 0 Å². The van der Waals surface area contributed by atoms with Crippen LogP contribution in [0.1, 0.15) is 11.1 Å². The minimum Gasteiger partial charge on any atom is -0.479 e. The van der Waals surface area contributed by atoms with E-state index in [4.69, 9.17) is 9.84 Å². The van der Waals surface area contributed by atoms with Crippen molar-refractivity contribution in [2.75, 3.05) is 7.11 Å². The summed E-state index contributed by atoms with van der Waals surface area (Å²) in [6.45, 7) is 1.63. The third kappa shape index (κ3) is 3.25. The number of nitro groups is 1. The Hall–Kier alpha value is -1.95. The summed E-state index contributed by atoms with van der Waals surface area (Å²) in [6, 6.07) is 4.64. The molecule has 0 aliphatic carbocycles. The zero-order valence-electron chi connectivity index (χ0n) is 9.54. The van der Waals surface area contributed by atoms with Crippen molar-refractivity contribution in [2.45, 2.75) is 19.4 Å². The molecule has 0 saturated heterocycles. The first-order valence-electron chi connectivity index (χ1n) is 4.95. The Morgan fingerprint density at radius 2 is 2.24 bits per heavy atom. The Bertz CT molecular complexity index is 443. The minimum absolute atomic E-state index is 0.0114. The lowest BCUT2D eigenvalue weighted by atomic mass is 10.0. The predicted octanol–water partition coefficient (Wildman–Crippen LogP) is 1.55. The first kappa shape index (κ1) is 13.1. The maximum absolute atomic E-state index is 10.8. The second-order valence-corrected chi connectivity index (χ2v) is 3.64. The molecular weight excluding hydrogens is 226 g/mol. The number of aliphatic carboxylic acids is 1. The van der Waals surface area contributed by atoms with E-state index in [9.17, 15) is 14.9 Å². The van der Waals surface area contributed by atoms with Crippen LogP contribution in [0.4, 0.5) is 5.69 Å². The number of hydrogen-bond donors (Lipinski definition) is 1. The van der Waals surface area contributed by atoms with Crippen molar-refractivity contribution < 1.29 is 19.6 Å². The minimum atomic E-state index is -1.09. The first-order chi connectivity index (χ1) is 7.95. The van der Waals surface area contributed by atoms with Crippen LogP contribution in [0.5, 0.6) is 0 Å². The number of carboxylic acid groups (broad SMARTS) is 1. The fraction of sp³-hybridized carbons (Fsp3) is 0.364. The molecule has 1 N–H and O–H groups in total. The van der Waals surface area contributed by atoms with E-state index in [0.717, 1.165) is 0 Å². The average Bonchev–Trinajstić information content (AvgIpc) is 2.27. The van der Waals surface area contributed by atoms with Crippen molar-refractivity contribution in [3.8, 4) is 0 Å². The Kier molecular flexibility index (Phi) is 4.17. The monoisotopic (exact) mass is 239 g/mol. The summed E-state index contributed by atoms with van der Waals surface area (Å²) in [7, 11) is 1.29. The molecule has 1 aromatic carbocycles. The Morgan fingerprint density at radius 3 is 2.71 bits per heavy atom. The van der Waals surface area contributed by atoms with Gasteiger partial charge >= 0.3 is 5.97 Å². The number of aryl methyl sites for hydroxylation is 1. The standard InChI is InChI=1S/C11H13NO5/c1-7-3-4-8(5-9(7)12(15)16)6-10(17-2)11(13)14/h3-5,10H,6H2,1-2H3,(H,13,14). The van der Waals surface area contributed by atoms with Crippen LogP contribution >= 0.6 is 0 Å². The molecule has 6 heteroatoms. The molecule has 0 saturated carbocycles.